The molecule has 122 valence electrons. The van der Waals surface area contributed by atoms with Crippen molar-refractivity contribution in [2.45, 2.75) is 86.3 Å². The van der Waals surface area contributed by atoms with Gasteiger partial charge in [-0.3, -0.25) is 0 Å². The molecule has 1 heteroatoms. The maximum absolute atomic E-state index is 4.59. The third kappa shape index (κ3) is 14.0. The first-order valence-electron chi connectivity index (χ1n) is 8.28. The van der Waals surface area contributed by atoms with Gasteiger partial charge < -0.3 is 0 Å². The topological polar surface area (TPSA) is 0 Å². The molecule has 0 amide bonds. The third-order valence-corrected chi connectivity index (χ3v) is 2.79. The molecule has 20 heavy (non-hydrogen) atoms. The van der Waals surface area contributed by atoms with Gasteiger partial charge in [-0.1, -0.05) is 87.6 Å². The van der Waals surface area contributed by atoms with Crippen LogP contribution in [-0.4, -0.2) is 4.75 Å². The molecule has 0 aromatic rings. The lowest BCUT2D eigenvalue weighted by molar-refractivity contribution is 0.561. The van der Waals surface area contributed by atoms with E-state index in [0.717, 1.165) is 19.3 Å². The van der Waals surface area contributed by atoms with E-state index in [1.165, 1.54) is 11.1 Å². The van der Waals surface area contributed by atoms with Gasteiger partial charge in [0.15, 0.2) is 0 Å². The predicted octanol–water partition coefficient (Wildman–Crippen LogP) is 7.63. The van der Waals surface area contributed by atoms with Crippen LogP contribution in [0.3, 0.4) is 0 Å². The molecule has 0 saturated heterocycles. The summed E-state index contributed by atoms with van der Waals surface area (Å²) in [6.45, 7) is 25.8. The van der Waals surface area contributed by atoms with E-state index in [2.05, 4.69) is 32.7 Å². The molecular formula is C19H40S. The van der Waals surface area contributed by atoms with Gasteiger partial charge in [0.1, 0.15) is 0 Å². The van der Waals surface area contributed by atoms with Crippen molar-refractivity contribution >= 4 is 12.6 Å². The van der Waals surface area contributed by atoms with Crippen molar-refractivity contribution < 1.29 is 0 Å². The summed E-state index contributed by atoms with van der Waals surface area (Å²) in [5, 5.41) is 0. The Bertz CT molecular complexity index is 234. The molecular weight excluding hydrogens is 260 g/mol. The van der Waals surface area contributed by atoms with Crippen LogP contribution in [-0.2, 0) is 0 Å². The van der Waals surface area contributed by atoms with E-state index in [9.17, 15) is 0 Å². The van der Waals surface area contributed by atoms with Crippen molar-refractivity contribution in [2.75, 3.05) is 0 Å². The minimum atomic E-state index is 0.149. The Hall–Kier alpha value is -0.430. The number of thiol groups is 1. The Morgan fingerprint density at radius 3 is 1.50 bits per heavy atom. The first kappa shape index (κ1) is 27.8. The summed E-state index contributed by atoms with van der Waals surface area (Å²) in [4.78, 5) is 0. The minimum absolute atomic E-state index is 0.149. The monoisotopic (exact) mass is 300 g/mol. The van der Waals surface area contributed by atoms with Crippen molar-refractivity contribution in [1.29, 1.82) is 0 Å². The molecule has 1 aliphatic rings. The second kappa shape index (κ2) is 20.9. The van der Waals surface area contributed by atoms with Crippen LogP contribution in [0.5, 0.6) is 0 Å². The molecule has 0 spiro atoms. The predicted molar refractivity (Wildman–Crippen MR) is 104 cm³/mol. The molecule has 1 unspecified atom stereocenters. The van der Waals surface area contributed by atoms with Gasteiger partial charge in [-0.2, -0.15) is 12.6 Å². The summed E-state index contributed by atoms with van der Waals surface area (Å²) < 4.78 is 0.149. The standard InChI is InChI=1S/C11H16S.4C2H6/c1-4-9-6-7-11(3,12)8-10(9)5-2;4*1-2/h4-5,12H,1-2,6-8H2,3H3;4*1-2H3. The van der Waals surface area contributed by atoms with Crippen LogP contribution < -0.4 is 0 Å². The normalized spacial score (nSPS) is 19.3. The van der Waals surface area contributed by atoms with E-state index in [1.54, 1.807) is 0 Å². The maximum atomic E-state index is 4.59. The summed E-state index contributed by atoms with van der Waals surface area (Å²) in [5.74, 6) is 0. The van der Waals surface area contributed by atoms with E-state index in [1.807, 2.05) is 67.5 Å². The Kier molecular flexibility index (Phi) is 29.1. The molecule has 0 radical (unpaired) electrons. The van der Waals surface area contributed by atoms with Crippen molar-refractivity contribution in [3.63, 3.8) is 0 Å². The number of allylic oxidation sites excluding steroid dienone is 4. The highest BCUT2D eigenvalue weighted by Crippen LogP contribution is 2.37. The van der Waals surface area contributed by atoms with Crippen LogP contribution in [0, 0.1) is 0 Å². The highest BCUT2D eigenvalue weighted by atomic mass is 32.1. The smallest absolute Gasteiger partial charge is 0.0145 e. The molecule has 0 fully saturated rings. The molecule has 0 aromatic heterocycles. The zero-order valence-corrected chi connectivity index (χ0v) is 16.5. The minimum Gasteiger partial charge on any atom is -0.172 e. The molecule has 1 atom stereocenters. The lowest BCUT2D eigenvalue weighted by Crippen LogP contribution is -2.21. The van der Waals surface area contributed by atoms with Crippen molar-refractivity contribution in [3.05, 3.63) is 36.5 Å². The van der Waals surface area contributed by atoms with Crippen LogP contribution in [0.1, 0.15) is 81.6 Å². The average Bonchev–Trinajstić information content (AvgIpc) is 2.54. The Balaban J connectivity index is -0.000000138. The molecule has 0 bridgehead atoms. The Morgan fingerprint density at radius 1 is 0.850 bits per heavy atom. The van der Waals surface area contributed by atoms with E-state index in [4.69, 9.17) is 0 Å². The highest BCUT2D eigenvalue weighted by Gasteiger charge is 2.25. The van der Waals surface area contributed by atoms with Gasteiger partial charge in [0, 0.05) is 4.75 Å². The molecule has 0 aliphatic heterocycles. The fraction of sp³-hybridized carbons (Fsp3) is 0.684. The van der Waals surface area contributed by atoms with Gasteiger partial charge in [0.25, 0.3) is 0 Å². The second-order valence-corrected chi connectivity index (χ2v) is 4.71. The van der Waals surface area contributed by atoms with Crippen LogP contribution in [0.15, 0.2) is 36.5 Å². The zero-order chi connectivity index (χ0) is 17.2. The van der Waals surface area contributed by atoms with Crippen LogP contribution in [0.25, 0.3) is 0 Å². The van der Waals surface area contributed by atoms with Gasteiger partial charge >= 0.3 is 0 Å². The van der Waals surface area contributed by atoms with Gasteiger partial charge in [-0.05, 0) is 30.4 Å². The fourth-order valence-corrected chi connectivity index (χ4v) is 1.90. The SMILES string of the molecule is C=CC1=C(C=C)CC(C)(S)CC1.CC.CC.CC.CC. The number of hydrogen-bond acceptors (Lipinski definition) is 1. The van der Waals surface area contributed by atoms with Gasteiger partial charge in [0.05, 0.1) is 0 Å². The van der Waals surface area contributed by atoms with Crippen molar-refractivity contribution in [2.24, 2.45) is 0 Å². The lowest BCUT2D eigenvalue weighted by Gasteiger charge is -2.30. The first-order chi connectivity index (χ1) is 9.59. The van der Waals surface area contributed by atoms with E-state index >= 15 is 0 Å². The van der Waals surface area contributed by atoms with E-state index in [-0.39, 0.29) is 4.75 Å². The number of rotatable bonds is 2. The van der Waals surface area contributed by atoms with E-state index in [0.29, 0.717) is 0 Å². The summed E-state index contributed by atoms with van der Waals surface area (Å²) in [5.41, 5.74) is 2.66. The van der Waals surface area contributed by atoms with Gasteiger partial charge in [0.2, 0.25) is 0 Å². The maximum Gasteiger partial charge on any atom is 0.0145 e. The summed E-state index contributed by atoms with van der Waals surface area (Å²) in [6.07, 6.45) is 7.12. The van der Waals surface area contributed by atoms with Crippen molar-refractivity contribution in [1.82, 2.24) is 0 Å². The summed E-state index contributed by atoms with van der Waals surface area (Å²) in [6, 6.07) is 0. The van der Waals surface area contributed by atoms with Crippen molar-refractivity contribution in [3.8, 4) is 0 Å². The molecule has 0 saturated carbocycles. The zero-order valence-electron chi connectivity index (χ0n) is 15.6. The highest BCUT2D eigenvalue weighted by molar-refractivity contribution is 7.81. The quantitative estimate of drug-likeness (QED) is 0.498. The van der Waals surface area contributed by atoms with Gasteiger partial charge in [-0.25, -0.2) is 0 Å². The largest absolute Gasteiger partial charge is 0.172 e. The fourth-order valence-electron chi connectivity index (χ4n) is 1.61. The molecule has 1 aliphatic carbocycles. The molecule has 1 rings (SSSR count). The van der Waals surface area contributed by atoms with E-state index < -0.39 is 0 Å². The molecule has 0 aromatic carbocycles. The van der Waals surface area contributed by atoms with Gasteiger partial charge in [-0.15, -0.1) is 0 Å². The average molecular weight is 301 g/mol. The Morgan fingerprint density at radius 2 is 1.20 bits per heavy atom. The lowest BCUT2D eigenvalue weighted by atomic mass is 9.84. The summed E-state index contributed by atoms with van der Waals surface area (Å²) in [7, 11) is 0. The number of hydrogen-bond donors (Lipinski definition) is 1. The van der Waals surface area contributed by atoms with Crippen LogP contribution in [0.4, 0.5) is 0 Å². The second-order valence-electron chi connectivity index (χ2n) is 3.63. The molecule has 0 nitrogen and oxygen atoms in total. The van der Waals surface area contributed by atoms with Crippen LogP contribution >= 0.6 is 12.6 Å². The molecule has 0 N–H and O–H groups in total. The first-order valence-corrected chi connectivity index (χ1v) is 8.73. The van der Waals surface area contributed by atoms with Crippen LogP contribution in [0.2, 0.25) is 0 Å². The summed E-state index contributed by atoms with van der Waals surface area (Å²) >= 11 is 4.59. The third-order valence-electron chi connectivity index (χ3n) is 2.41. The Labute approximate surface area is 135 Å². The molecule has 0 heterocycles.